The van der Waals surface area contributed by atoms with Crippen LogP contribution in [0.2, 0.25) is 0 Å². The van der Waals surface area contributed by atoms with E-state index in [1.54, 1.807) is 43.3 Å². The van der Waals surface area contributed by atoms with Gasteiger partial charge in [-0.2, -0.15) is 0 Å². The second-order valence-electron chi connectivity index (χ2n) is 6.16. The number of furan rings is 1. The highest BCUT2D eigenvalue weighted by Gasteiger charge is 2.26. The van der Waals surface area contributed by atoms with Gasteiger partial charge < -0.3 is 20.2 Å². The number of nitrogens with zero attached hydrogens (tertiary/aromatic N) is 2. The van der Waals surface area contributed by atoms with Crippen LogP contribution in [0.3, 0.4) is 0 Å². The van der Waals surface area contributed by atoms with Gasteiger partial charge in [0.25, 0.3) is 5.91 Å². The molecule has 2 aromatic heterocycles. The molecular weight excluding hydrogens is 332 g/mol. The molecule has 7 nitrogen and oxygen atoms in total. The summed E-state index contributed by atoms with van der Waals surface area (Å²) in [6.07, 6.45) is 0. The molecule has 0 fully saturated rings. The topological polar surface area (TPSA) is 100 Å². The number of carbonyl (C=O) groups excluding carboxylic acids is 1. The number of anilines is 2. The fourth-order valence-electron chi connectivity index (χ4n) is 2.34. The Kier molecular flexibility index (Phi) is 4.99. The molecule has 1 aromatic carbocycles. The van der Waals surface area contributed by atoms with Gasteiger partial charge in [0.05, 0.1) is 6.54 Å². The summed E-state index contributed by atoms with van der Waals surface area (Å²) in [5, 5.41) is 24.1. The molecule has 0 saturated heterocycles. The van der Waals surface area contributed by atoms with Crippen molar-refractivity contribution in [3.05, 3.63) is 71.8 Å². The minimum Gasteiger partial charge on any atom is -0.463 e. The van der Waals surface area contributed by atoms with Crippen molar-refractivity contribution in [3.8, 4) is 0 Å². The molecule has 1 amide bonds. The Hall–Kier alpha value is -3.19. The fourth-order valence-corrected chi connectivity index (χ4v) is 2.34. The molecule has 0 radical (unpaired) electrons. The molecule has 26 heavy (non-hydrogen) atoms. The van der Waals surface area contributed by atoms with Crippen LogP contribution in [-0.2, 0) is 5.60 Å². The van der Waals surface area contributed by atoms with Gasteiger partial charge in [-0.3, -0.25) is 4.79 Å². The van der Waals surface area contributed by atoms with Gasteiger partial charge in [-0.15, -0.1) is 10.2 Å². The van der Waals surface area contributed by atoms with E-state index in [1.165, 1.54) is 0 Å². The van der Waals surface area contributed by atoms with Crippen molar-refractivity contribution in [2.75, 3.05) is 17.2 Å². The lowest BCUT2D eigenvalue weighted by Crippen LogP contribution is -2.30. The van der Waals surface area contributed by atoms with Crippen LogP contribution in [0.1, 0.15) is 28.9 Å². The third-order valence-corrected chi connectivity index (χ3v) is 3.81. The second-order valence-corrected chi connectivity index (χ2v) is 6.16. The molecule has 3 aromatic rings. The standard InChI is InChI=1S/C19H20N4O3/c1-13-8-10-16(26-13)19(2,25)12-20-17-11-9-15(22-23-17)18(24)21-14-6-4-3-5-7-14/h3-11,25H,12H2,1-2H3,(H,20,23)(H,21,24). The van der Waals surface area contributed by atoms with Gasteiger partial charge in [0.15, 0.2) is 5.69 Å². The summed E-state index contributed by atoms with van der Waals surface area (Å²) in [5.74, 6) is 1.31. The molecule has 3 rings (SSSR count). The molecule has 0 aliphatic rings. The SMILES string of the molecule is Cc1ccc(C(C)(O)CNc2ccc(C(=O)Nc3ccccc3)nn2)o1. The zero-order valence-corrected chi connectivity index (χ0v) is 14.6. The van der Waals surface area contributed by atoms with E-state index in [2.05, 4.69) is 20.8 Å². The number of carbonyl (C=O) groups is 1. The Balaban J connectivity index is 1.60. The van der Waals surface area contributed by atoms with Crippen LogP contribution in [0.15, 0.2) is 59.0 Å². The molecule has 1 unspecified atom stereocenters. The van der Waals surface area contributed by atoms with E-state index < -0.39 is 5.60 Å². The number of para-hydroxylation sites is 1. The first-order chi connectivity index (χ1) is 12.4. The molecule has 1 atom stereocenters. The van der Waals surface area contributed by atoms with E-state index in [1.807, 2.05) is 25.1 Å². The van der Waals surface area contributed by atoms with Crippen LogP contribution in [-0.4, -0.2) is 27.8 Å². The molecule has 0 aliphatic heterocycles. The van der Waals surface area contributed by atoms with E-state index in [0.29, 0.717) is 17.3 Å². The second kappa shape index (κ2) is 7.37. The molecule has 7 heteroatoms. The number of aromatic nitrogens is 2. The van der Waals surface area contributed by atoms with Gasteiger partial charge in [0.1, 0.15) is 22.9 Å². The largest absolute Gasteiger partial charge is 0.463 e. The number of hydrogen-bond acceptors (Lipinski definition) is 6. The normalized spacial score (nSPS) is 13.0. The van der Waals surface area contributed by atoms with Crippen LogP contribution < -0.4 is 10.6 Å². The number of rotatable bonds is 6. The average Bonchev–Trinajstić information content (AvgIpc) is 3.09. The third-order valence-electron chi connectivity index (χ3n) is 3.81. The van der Waals surface area contributed by atoms with Crippen LogP contribution in [0, 0.1) is 6.92 Å². The van der Waals surface area contributed by atoms with E-state index in [9.17, 15) is 9.90 Å². The minimum absolute atomic E-state index is 0.185. The summed E-state index contributed by atoms with van der Waals surface area (Å²) < 4.78 is 5.46. The maximum Gasteiger partial charge on any atom is 0.276 e. The molecule has 0 saturated carbocycles. The monoisotopic (exact) mass is 352 g/mol. The van der Waals surface area contributed by atoms with Gasteiger partial charge in [-0.05, 0) is 50.2 Å². The van der Waals surface area contributed by atoms with Gasteiger partial charge in [-0.25, -0.2) is 0 Å². The highest BCUT2D eigenvalue weighted by atomic mass is 16.4. The van der Waals surface area contributed by atoms with Crippen LogP contribution >= 0.6 is 0 Å². The van der Waals surface area contributed by atoms with Gasteiger partial charge >= 0.3 is 0 Å². The average molecular weight is 352 g/mol. The molecule has 134 valence electrons. The number of amides is 1. The summed E-state index contributed by atoms with van der Waals surface area (Å²) in [4.78, 5) is 12.1. The molecule has 2 heterocycles. The molecule has 0 bridgehead atoms. The lowest BCUT2D eigenvalue weighted by Gasteiger charge is -2.21. The molecule has 0 spiro atoms. The van der Waals surface area contributed by atoms with Crippen LogP contribution in [0.4, 0.5) is 11.5 Å². The fraction of sp³-hybridized carbons (Fsp3) is 0.211. The predicted molar refractivity (Wildman–Crippen MR) is 97.9 cm³/mol. The van der Waals surface area contributed by atoms with Crippen LogP contribution in [0.5, 0.6) is 0 Å². The smallest absolute Gasteiger partial charge is 0.276 e. The van der Waals surface area contributed by atoms with Crippen molar-refractivity contribution in [1.82, 2.24) is 10.2 Å². The number of nitrogens with one attached hydrogen (secondary N) is 2. The highest BCUT2D eigenvalue weighted by molar-refractivity contribution is 6.02. The minimum atomic E-state index is -1.20. The zero-order valence-electron chi connectivity index (χ0n) is 14.6. The third kappa shape index (κ3) is 4.25. The maximum atomic E-state index is 12.1. The number of aliphatic hydroxyl groups is 1. The van der Waals surface area contributed by atoms with Crippen molar-refractivity contribution < 1.29 is 14.3 Å². The van der Waals surface area contributed by atoms with Gasteiger partial charge in [0, 0.05) is 5.69 Å². The van der Waals surface area contributed by atoms with Crippen molar-refractivity contribution in [2.45, 2.75) is 19.4 Å². The lowest BCUT2D eigenvalue weighted by atomic mass is 10.0. The molecular formula is C19H20N4O3. The Morgan fingerprint density at radius 1 is 1.12 bits per heavy atom. The summed E-state index contributed by atoms with van der Waals surface area (Å²) in [5.41, 5.74) is -0.307. The van der Waals surface area contributed by atoms with Crippen molar-refractivity contribution in [2.24, 2.45) is 0 Å². The first-order valence-corrected chi connectivity index (χ1v) is 8.17. The maximum absolute atomic E-state index is 12.1. The zero-order chi connectivity index (χ0) is 18.6. The summed E-state index contributed by atoms with van der Waals surface area (Å²) in [7, 11) is 0. The van der Waals surface area contributed by atoms with E-state index in [4.69, 9.17) is 4.42 Å². The van der Waals surface area contributed by atoms with Gasteiger partial charge in [0.2, 0.25) is 0 Å². The Labute approximate surface area is 151 Å². The van der Waals surface area contributed by atoms with Crippen molar-refractivity contribution in [1.29, 1.82) is 0 Å². The van der Waals surface area contributed by atoms with E-state index >= 15 is 0 Å². The van der Waals surface area contributed by atoms with E-state index in [0.717, 1.165) is 5.76 Å². The van der Waals surface area contributed by atoms with Crippen LogP contribution in [0.25, 0.3) is 0 Å². The highest BCUT2D eigenvalue weighted by Crippen LogP contribution is 2.23. The first-order valence-electron chi connectivity index (χ1n) is 8.17. The van der Waals surface area contributed by atoms with E-state index in [-0.39, 0.29) is 18.1 Å². The molecule has 0 aliphatic carbocycles. The summed E-state index contributed by atoms with van der Waals surface area (Å²) in [6.45, 7) is 3.65. The summed E-state index contributed by atoms with van der Waals surface area (Å²) >= 11 is 0. The lowest BCUT2D eigenvalue weighted by molar-refractivity contribution is 0.0467. The summed E-state index contributed by atoms with van der Waals surface area (Å²) in [6, 6.07) is 15.9. The first kappa shape index (κ1) is 17.6. The van der Waals surface area contributed by atoms with Crippen molar-refractivity contribution >= 4 is 17.4 Å². The quantitative estimate of drug-likeness (QED) is 0.631. The number of aryl methyl sites for hydroxylation is 1. The number of hydrogen-bond donors (Lipinski definition) is 3. The molecule has 3 N–H and O–H groups in total. The number of benzene rings is 1. The predicted octanol–water partition coefficient (Wildman–Crippen LogP) is 2.95. The van der Waals surface area contributed by atoms with Crippen molar-refractivity contribution in [3.63, 3.8) is 0 Å². The Morgan fingerprint density at radius 3 is 2.50 bits per heavy atom. The Morgan fingerprint density at radius 2 is 1.88 bits per heavy atom. The Bertz CT molecular complexity index is 873. The van der Waals surface area contributed by atoms with Gasteiger partial charge in [-0.1, -0.05) is 18.2 Å².